The van der Waals surface area contributed by atoms with E-state index in [-0.39, 0.29) is 0 Å². The van der Waals surface area contributed by atoms with Gasteiger partial charge in [-0.15, -0.1) is 0 Å². The zero-order valence-corrected chi connectivity index (χ0v) is 10.8. The fourth-order valence-corrected chi connectivity index (χ4v) is 2.61. The maximum absolute atomic E-state index is 4.76. The molecule has 1 aliphatic heterocycles. The molecule has 1 fully saturated rings. The molecule has 0 bridgehead atoms. The monoisotopic (exact) mass is 242 g/mol. The van der Waals surface area contributed by atoms with E-state index in [4.69, 9.17) is 4.98 Å². The van der Waals surface area contributed by atoms with Crippen molar-refractivity contribution >= 4 is 0 Å². The average molecular weight is 242 g/mol. The van der Waals surface area contributed by atoms with Crippen LogP contribution in [-0.2, 0) is 0 Å². The summed E-state index contributed by atoms with van der Waals surface area (Å²) < 4.78 is 0. The van der Waals surface area contributed by atoms with Crippen LogP contribution in [0.5, 0.6) is 0 Å². The molecule has 4 heteroatoms. The number of rotatable bonds is 2. The van der Waals surface area contributed by atoms with E-state index in [0.29, 0.717) is 6.04 Å². The Kier molecular flexibility index (Phi) is 2.88. The Bertz CT molecular complexity index is 546. The highest BCUT2D eigenvalue weighted by Crippen LogP contribution is 2.30. The van der Waals surface area contributed by atoms with Crippen LogP contribution in [0.15, 0.2) is 24.3 Å². The van der Waals surface area contributed by atoms with E-state index in [1.807, 2.05) is 19.1 Å². The molecule has 0 aromatic carbocycles. The fourth-order valence-electron chi connectivity index (χ4n) is 2.61. The third-order valence-electron chi connectivity index (χ3n) is 3.60. The van der Waals surface area contributed by atoms with Crippen LogP contribution < -0.4 is 0 Å². The number of nitrogens with zero attached hydrogens (tertiary/aromatic N) is 3. The molecule has 94 valence electrons. The van der Waals surface area contributed by atoms with Crippen molar-refractivity contribution in [2.75, 3.05) is 13.6 Å². The highest BCUT2D eigenvalue weighted by atomic mass is 15.2. The number of pyridine rings is 1. The third kappa shape index (κ3) is 2.04. The zero-order chi connectivity index (χ0) is 12.5. The van der Waals surface area contributed by atoms with E-state index in [1.165, 1.54) is 12.8 Å². The average Bonchev–Trinajstić information content (AvgIpc) is 2.98. The quantitative estimate of drug-likeness (QED) is 0.880. The Labute approximate surface area is 107 Å². The van der Waals surface area contributed by atoms with Crippen LogP contribution in [0.1, 0.15) is 30.3 Å². The molecule has 3 heterocycles. The molecule has 4 nitrogen and oxygen atoms in total. The molecule has 1 aliphatic rings. The van der Waals surface area contributed by atoms with Gasteiger partial charge in [0.1, 0.15) is 5.69 Å². The third-order valence-corrected chi connectivity index (χ3v) is 3.60. The Morgan fingerprint density at radius 1 is 1.33 bits per heavy atom. The van der Waals surface area contributed by atoms with Gasteiger partial charge in [-0.25, -0.2) is 4.98 Å². The lowest BCUT2D eigenvalue weighted by Crippen LogP contribution is -2.18. The maximum Gasteiger partial charge on any atom is 0.111 e. The largest absolute Gasteiger partial charge is 0.298 e. The minimum atomic E-state index is 0.463. The predicted octanol–water partition coefficient (Wildman–Crippen LogP) is 2.55. The molecule has 0 radical (unpaired) electrons. The van der Waals surface area contributed by atoms with Crippen molar-refractivity contribution in [3.8, 4) is 11.4 Å². The van der Waals surface area contributed by atoms with Gasteiger partial charge in [0.25, 0.3) is 0 Å². The van der Waals surface area contributed by atoms with Gasteiger partial charge in [0.05, 0.1) is 17.4 Å². The van der Waals surface area contributed by atoms with E-state index >= 15 is 0 Å². The maximum atomic E-state index is 4.76. The molecule has 0 spiro atoms. The molecular formula is C14H18N4. The van der Waals surface area contributed by atoms with Crippen LogP contribution in [0.4, 0.5) is 0 Å². The molecular weight excluding hydrogens is 224 g/mol. The van der Waals surface area contributed by atoms with Crippen molar-refractivity contribution in [2.45, 2.75) is 25.8 Å². The Hall–Kier alpha value is -1.68. The molecule has 1 atom stereocenters. The summed E-state index contributed by atoms with van der Waals surface area (Å²) in [6.45, 7) is 3.17. The molecule has 1 N–H and O–H groups in total. The molecule has 1 saturated heterocycles. The van der Waals surface area contributed by atoms with Gasteiger partial charge in [0, 0.05) is 5.69 Å². The van der Waals surface area contributed by atoms with Crippen molar-refractivity contribution in [3.05, 3.63) is 35.7 Å². The summed E-state index contributed by atoms with van der Waals surface area (Å²) in [6, 6.07) is 8.71. The highest BCUT2D eigenvalue weighted by Gasteiger charge is 2.23. The first-order valence-electron chi connectivity index (χ1n) is 6.43. The number of aromatic nitrogens is 3. The molecule has 0 amide bonds. The van der Waals surface area contributed by atoms with Gasteiger partial charge in [0.15, 0.2) is 0 Å². The summed E-state index contributed by atoms with van der Waals surface area (Å²) >= 11 is 0. The van der Waals surface area contributed by atoms with E-state index < -0.39 is 0 Å². The van der Waals surface area contributed by atoms with Crippen molar-refractivity contribution in [1.29, 1.82) is 0 Å². The van der Waals surface area contributed by atoms with Crippen molar-refractivity contribution < 1.29 is 0 Å². The van der Waals surface area contributed by atoms with Crippen molar-refractivity contribution in [2.24, 2.45) is 0 Å². The van der Waals surface area contributed by atoms with Crippen molar-refractivity contribution in [3.63, 3.8) is 0 Å². The molecule has 2 aromatic heterocycles. The lowest BCUT2D eigenvalue weighted by Gasteiger charge is -2.18. The van der Waals surface area contributed by atoms with E-state index in [1.54, 1.807) is 0 Å². The van der Waals surface area contributed by atoms with E-state index in [0.717, 1.165) is 29.3 Å². The SMILES string of the molecule is Cc1cc(-c2cccc([C@@H]3CCCN3C)n2)n[nH]1. The van der Waals surface area contributed by atoms with Gasteiger partial charge in [-0.2, -0.15) is 5.10 Å². The number of H-pyrrole nitrogens is 1. The zero-order valence-electron chi connectivity index (χ0n) is 10.8. The van der Waals surface area contributed by atoms with Crippen LogP contribution in [0.2, 0.25) is 0 Å². The second-order valence-corrected chi connectivity index (χ2v) is 5.02. The Morgan fingerprint density at radius 2 is 2.22 bits per heavy atom. The molecule has 18 heavy (non-hydrogen) atoms. The summed E-state index contributed by atoms with van der Waals surface area (Å²) in [5, 5.41) is 7.24. The smallest absolute Gasteiger partial charge is 0.111 e. The normalized spacial score (nSPS) is 20.4. The van der Waals surface area contributed by atoms with Crippen LogP contribution >= 0.6 is 0 Å². The lowest BCUT2D eigenvalue weighted by atomic mass is 10.1. The van der Waals surface area contributed by atoms with Crippen LogP contribution in [0.25, 0.3) is 11.4 Å². The Balaban J connectivity index is 1.94. The fraction of sp³-hybridized carbons (Fsp3) is 0.429. The predicted molar refractivity (Wildman–Crippen MR) is 71.2 cm³/mol. The Morgan fingerprint density at radius 3 is 2.89 bits per heavy atom. The van der Waals surface area contributed by atoms with Crippen LogP contribution in [0.3, 0.4) is 0 Å². The number of aromatic amines is 1. The van der Waals surface area contributed by atoms with Gasteiger partial charge in [-0.3, -0.25) is 10.00 Å². The molecule has 0 aliphatic carbocycles. The summed E-state index contributed by atoms with van der Waals surface area (Å²) in [6.07, 6.45) is 2.46. The summed E-state index contributed by atoms with van der Waals surface area (Å²) in [5.74, 6) is 0. The topological polar surface area (TPSA) is 44.8 Å². The van der Waals surface area contributed by atoms with Gasteiger partial charge in [-0.05, 0) is 51.6 Å². The number of likely N-dealkylation sites (tertiary alicyclic amines) is 1. The number of aryl methyl sites for hydroxylation is 1. The van der Waals surface area contributed by atoms with Crippen LogP contribution in [0, 0.1) is 6.92 Å². The molecule has 0 saturated carbocycles. The first-order valence-corrected chi connectivity index (χ1v) is 6.43. The number of hydrogen-bond donors (Lipinski definition) is 1. The first-order chi connectivity index (χ1) is 8.74. The first kappa shape index (κ1) is 11.4. The second kappa shape index (κ2) is 4.53. The van der Waals surface area contributed by atoms with Gasteiger partial charge >= 0.3 is 0 Å². The van der Waals surface area contributed by atoms with Gasteiger partial charge in [-0.1, -0.05) is 6.07 Å². The summed E-state index contributed by atoms with van der Waals surface area (Å²) in [4.78, 5) is 7.14. The molecule has 3 rings (SSSR count). The minimum absolute atomic E-state index is 0.463. The van der Waals surface area contributed by atoms with Gasteiger partial charge < -0.3 is 0 Å². The number of hydrogen-bond acceptors (Lipinski definition) is 3. The second-order valence-electron chi connectivity index (χ2n) is 5.02. The highest BCUT2D eigenvalue weighted by molar-refractivity contribution is 5.54. The van der Waals surface area contributed by atoms with Crippen LogP contribution in [-0.4, -0.2) is 33.7 Å². The van der Waals surface area contributed by atoms with E-state index in [9.17, 15) is 0 Å². The molecule has 0 unspecified atom stereocenters. The van der Waals surface area contributed by atoms with Crippen molar-refractivity contribution in [1.82, 2.24) is 20.1 Å². The van der Waals surface area contributed by atoms with Gasteiger partial charge in [0.2, 0.25) is 0 Å². The lowest BCUT2D eigenvalue weighted by molar-refractivity contribution is 0.312. The summed E-state index contributed by atoms with van der Waals surface area (Å²) in [7, 11) is 2.17. The van der Waals surface area contributed by atoms with E-state index in [2.05, 4.69) is 34.3 Å². The summed E-state index contributed by atoms with van der Waals surface area (Å²) in [5.41, 5.74) is 4.11. The minimum Gasteiger partial charge on any atom is -0.298 e. The molecule has 2 aromatic rings. The number of nitrogens with one attached hydrogen (secondary N) is 1. The standard InChI is InChI=1S/C14H18N4/c1-10-9-13(17-16-10)11-5-3-6-12(15-11)14-7-4-8-18(14)2/h3,5-6,9,14H,4,7-8H2,1-2H3,(H,16,17)/t14-/m0/s1.